The van der Waals surface area contributed by atoms with Crippen molar-refractivity contribution in [3.63, 3.8) is 0 Å². The van der Waals surface area contributed by atoms with Gasteiger partial charge in [-0.1, -0.05) is 0 Å². The Morgan fingerprint density at radius 1 is 1.71 bits per heavy atom. The average Bonchev–Trinajstić information content (AvgIpc) is 2.51. The molecule has 1 aromatic rings. The van der Waals surface area contributed by atoms with E-state index in [-0.39, 0.29) is 11.9 Å². The van der Waals surface area contributed by atoms with Crippen molar-refractivity contribution in [1.82, 2.24) is 5.32 Å². The molecule has 14 heavy (non-hydrogen) atoms. The summed E-state index contributed by atoms with van der Waals surface area (Å²) in [6, 6.07) is 2.23. The van der Waals surface area contributed by atoms with Crippen molar-refractivity contribution in [2.75, 3.05) is 18.0 Å². The van der Waals surface area contributed by atoms with Crippen LogP contribution in [-0.4, -0.2) is 25.0 Å². The van der Waals surface area contributed by atoms with Crippen molar-refractivity contribution in [3.05, 3.63) is 15.9 Å². The summed E-state index contributed by atoms with van der Waals surface area (Å²) in [5, 5.41) is 6.11. The number of thiophene rings is 1. The lowest BCUT2D eigenvalue weighted by Gasteiger charge is -2.32. The molecule has 1 amide bonds. The van der Waals surface area contributed by atoms with Crippen molar-refractivity contribution in [3.8, 4) is 0 Å². The Morgan fingerprint density at radius 2 is 2.50 bits per heavy atom. The number of carbonyl (C=O) groups is 1. The third-order valence-corrected chi connectivity index (χ3v) is 3.91. The zero-order valence-electron chi connectivity index (χ0n) is 7.79. The largest absolute Gasteiger partial charge is 0.306 e. The number of carbonyl (C=O) groups excluding carboxylic acids is 1. The van der Waals surface area contributed by atoms with Crippen molar-refractivity contribution in [2.45, 2.75) is 13.0 Å². The number of hydrogen-bond acceptors (Lipinski definition) is 3. The molecule has 0 saturated carbocycles. The van der Waals surface area contributed by atoms with E-state index in [1.807, 2.05) is 16.3 Å². The summed E-state index contributed by atoms with van der Waals surface area (Å²) in [4.78, 5) is 13.5. The number of amides is 1. The second-order valence-corrected chi connectivity index (χ2v) is 5.15. The lowest BCUT2D eigenvalue weighted by molar-refractivity contribution is -0.119. The van der Waals surface area contributed by atoms with E-state index in [1.54, 1.807) is 11.3 Å². The monoisotopic (exact) mass is 274 g/mol. The summed E-state index contributed by atoms with van der Waals surface area (Å²) in [6.07, 6.45) is 0. The molecule has 1 N–H and O–H groups in total. The lowest BCUT2D eigenvalue weighted by Crippen LogP contribution is -2.53. The van der Waals surface area contributed by atoms with Gasteiger partial charge in [0.05, 0.1) is 11.5 Å². The SMILES string of the molecule is CC1CNCC(=O)N1c1cc(Br)cs1. The normalized spacial score (nSPS) is 22.9. The van der Waals surface area contributed by atoms with Crippen molar-refractivity contribution >= 4 is 38.2 Å². The fourth-order valence-electron chi connectivity index (χ4n) is 1.58. The molecule has 76 valence electrons. The molecule has 2 heterocycles. The minimum absolute atomic E-state index is 0.151. The summed E-state index contributed by atoms with van der Waals surface area (Å²) in [7, 11) is 0. The molecule has 0 radical (unpaired) electrons. The third kappa shape index (κ3) is 1.85. The molecule has 1 aliphatic rings. The second kappa shape index (κ2) is 4.00. The van der Waals surface area contributed by atoms with E-state index in [0.717, 1.165) is 16.0 Å². The number of nitrogens with one attached hydrogen (secondary N) is 1. The van der Waals surface area contributed by atoms with E-state index < -0.39 is 0 Å². The summed E-state index contributed by atoms with van der Waals surface area (Å²) < 4.78 is 1.04. The van der Waals surface area contributed by atoms with Crippen LogP contribution in [0.5, 0.6) is 0 Å². The topological polar surface area (TPSA) is 32.3 Å². The third-order valence-electron chi connectivity index (χ3n) is 2.22. The maximum Gasteiger partial charge on any atom is 0.241 e. The quantitative estimate of drug-likeness (QED) is 0.848. The fraction of sp³-hybridized carbons (Fsp3) is 0.444. The number of hydrogen-bond donors (Lipinski definition) is 1. The minimum atomic E-state index is 0.151. The summed E-state index contributed by atoms with van der Waals surface area (Å²) in [5.41, 5.74) is 0. The number of halogens is 1. The summed E-state index contributed by atoms with van der Waals surface area (Å²) in [5.74, 6) is 0.151. The van der Waals surface area contributed by atoms with Gasteiger partial charge in [-0.25, -0.2) is 0 Å². The van der Waals surface area contributed by atoms with Gasteiger partial charge in [-0.15, -0.1) is 11.3 Å². The molecule has 1 unspecified atom stereocenters. The van der Waals surface area contributed by atoms with Crippen LogP contribution in [0.15, 0.2) is 15.9 Å². The first kappa shape index (κ1) is 10.1. The minimum Gasteiger partial charge on any atom is -0.306 e. The Morgan fingerprint density at radius 3 is 3.07 bits per heavy atom. The van der Waals surface area contributed by atoms with Crippen molar-refractivity contribution in [2.24, 2.45) is 0 Å². The van der Waals surface area contributed by atoms with Gasteiger partial charge in [-0.3, -0.25) is 9.69 Å². The van der Waals surface area contributed by atoms with Crippen LogP contribution in [0.1, 0.15) is 6.92 Å². The van der Waals surface area contributed by atoms with Crippen LogP contribution in [-0.2, 0) is 4.79 Å². The smallest absolute Gasteiger partial charge is 0.241 e. The van der Waals surface area contributed by atoms with Crippen LogP contribution >= 0.6 is 27.3 Å². The summed E-state index contributed by atoms with van der Waals surface area (Å²) in [6.45, 7) is 3.36. The molecule has 5 heteroatoms. The van der Waals surface area contributed by atoms with Crippen molar-refractivity contribution < 1.29 is 4.79 Å². The van der Waals surface area contributed by atoms with Gasteiger partial charge in [-0.2, -0.15) is 0 Å². The molecule has 0 spiro atoms. The van der Waals surface area contributed by atoms with Crippen LogP contribution in [0.2, 0.25) is 0 Å². The second-order valence-electron chi connectivity index (χ2n) is 3.35. The van der Waals surface area contributed by atoms with E-state index in [1.165, 1.54) is 0 Å². The highest BCUT2D eigenvalue weighted by molar-refractivity contribution is 9.10. The van der Waals surface area contributed by atoms with Gasteiger partial charge in [0.1, 0.15) is 0 Å². The van der Waals surface area contributed by atoms with Gasteiger partial charge in [0.2, 0.25) is 5.91 Å². The van der Waals surface area contributed by atoms with E-state index in [4.69, 9.17) is 0 Å². The molecule has 0 aliphatic carbocycles. The number of nitrogens with zero attached hydrogens (tertiary/aromatic N) is 1. The van der Waals surface area contributed by atoms with Crippen molar-refractivity contribution in [1.29, 1.82) is 0 Å². The molecule has 1 aromatic heterocycles. The molecule has 3 nitrogen and oxygen atoms in total. The average molecular weight is 275 g/mol. The van der Waals surface area contributed by atoms with Gasteiger partial charge in [0.15, 0.2) is 0 Å². The molecule has 1 saturated heterocycles. The highest BCUT2D eigenvalue weighted by Gasteiger charge is 2.26. The maximum atomic E-state index is 11.7. The first-order valence-electron chi connectivity index (χ1n) is 4.45. The Bertz CT molecular complexity index is 352. The van der Waals surface area contributed by atoms with Gasteiger partial charge < -0.3 is 5.32 Å². The van der Waals surface area contributed by atoms with Gasteiger partial charge in [0, 0.05) is 22.4 Å². The predicted molar refractivity (Wildman–Crippen MR) is 61.8 cm³/mol. The maximum absolute atomic E-state index is 11.7. The highest BCUT2D eigenvalue weighted by atomic mass is 79.9. The molecule has 1 fully saturated rings. The molecule has 2 rings (SSSR count). The van der Waals surface area contributed by atoms with Crippen LogP contribution in [0.3, 0.4) is 0 Å². The molecule has 1 aliphatic heterocycles. The Labute approximate surface area is 95.2 Å². The van der Waals surface area contributed by atoms with E-state index in [0.29, 0.717) is 6.54 Å². The molecular weight excluding hydrogens is 264 g/mol. The molecule has 0 bridgehead atoms. The lowest BCUT2D eigenvalue weighted by atomic mass is 10.2. The van der Waals surface area contributed by atoms with E-state index in [9.17, 15) is 4.79 Å². The first-order chi connectivity index (χ1) is 6.68. The Kier molecular flexibility index (Phi) is 2.90. The van der Waals surface area contributed by atoms with E-state index in [2.05, 4.69) is 28.2 Å². The summed E-state index contributed by atoms with van der Waals surface area (Å²) >= 11 is 4.99. The van der Waals surface area contributed by atoms with Gasteiger partial charge in [-0.05, 0) is 28.9 Å². The van der Waals surface area contributed by atoms with Crippen LogP contribution in [0.25, 0.3) is 0 Å². The first-order valence-corrected chi connectivity index (χ1v) is 6.12. The fourth-order valence-corrected chi connectivity index (χ4v) is 3.12. The zero-order valence-corrected chi connectivity index (χ0v) is 10.2. The molecular formula is C9H11BrN2OS. The van der Waals surface area contributed by atoms with Gasteiger partial charge >= 0.3 is 0 Å². The zero-order chi connectivity index (χ0) is 10.1. The Hall–Kier alpha value is -0.390. The standard InChI is InChI=1S/C9H11BrN2OS/c1-6-3-11-4-8(13)12(6)9-2-7(10)5-14-9/h2,5-6,11H,3-4H2,1H3. The van der Waals surface area contributed by atoms with Crippen LogP contribution in [0.4, 0.5) is 5.00 Å². The van der Waals surface area contributed by atoms with Crippen LogP contribution in [0, 0.1) is 0 Å². The van der Waals surface area contributed by atoms with Gasteiger partial charge in [0.25, 0.3) is 0 Å². The molecule has 1 atom stereocenters. The number of rotatable bonds is 1. The Balaban J connectivity index is 2.26. The number of anilines is 1. The number of piperazine rings is 1. The molecule has 0 aromatic carbocycles. The van der Waals surface area contributed by atoms with E-state index >= 15 is 0 Å². The van der Waals surface area contributed by atoms with Crippen LogP contribution < -0.4 is 10.2 Å². The highest BCUT2D eigenvalue weighted by Crippen LogP contribution is 2.30. The predicted octanol–water partition coefficient (Wildman–Crippen LogP) is 1.84.